The van der Waals surface area contributed by atoms with Gasteiger partial charge in [-0.25, -0.2) is 9.97 Å². The molecule has 7 nitrogen and oxygen atoms in total. The Morgan fingerprint density at radius 1 is 0.964 bits per heavy atom. The molecule has 7 heteroatoms. The molecular formula is C21H21N5O2. The van der Waals surface area contributed by atoms with Crippen molar-refractivity contribution >= 4 is 29.0 Å². The number of anilines is 3. The molecular weight excluding hydrogens is 354 g/mol. The van der Waals surface area contributed by atoms with Gasteiger partial charge in [-0.05, 0) is 30.7 Å². The molecule has 0 bridgehead atoms. The van der Waals surface area contributed by atoms with E-state index in [0.29, 0.717) is 18.1 Å². The van der Waals surface area contributed by atoms with Crippen LogP contribution in [0.2, 0.25) is 0 Å². The fourth-order valence-electron chi connectivity index (χ4n) is 2.67. The molecule has 0 spiro atoms. The van der Waals surface area contributed by atoms with Gasteiger partial charge < -0.3 is 16.0 Å². The average Bonchev–Trinajstić information content (AvgIpc) is 2.66. The first-order chi connectivity index (χ1) is 13.5. The summed E-state index contributed by atoms with van der Waals surface area (Å²) < 4.78 is 0. The van der Waals surface area contributed by atoms with Gasteiger partial charge in [0.25, 0.3) is 5.91 Å². The first kappa shape index (κ1) is 19.0. The number of hydrogen-bond donors (Lipinski definition) is 3. The van der Waals surface area contributed by atoms with Crippen molar-refractivity contribution in [1.82, 2.24) is 15.3 Å². The van der Waals surface area contributed by atoms with Gasteiger partial charge in [0.1, 0.15) is 17.8 Å². The minimum Gasteiger partial charge on any atom is -0.347 e. The van der Waals surface area contributed by atoms with Gasteiger partial charge in [-0.3, -0.25) is 9.59 Å². The van der Waals surface area contributed by atoms with Crippen LogP contribution in [0.3, 0.4) is 0 Å². The molecule has 3 aromatic rings. The van der Waals surface area contributed by atoms with E-state index in [0.717, 1.165) is 16.8 Å². The van der Waals surface area contributed by atoms with Crippen LogP contribution in [0, 0.1) is 6.92 Å². The number of benzene rings is 2. The average molecular weight is 375 g/mol. The van der Waals surface area contributed by atoms with Crippen LogP contribution in [-0.2, 0) is 11.3 Å². The van der Waals surface area contributed by atoms with Crippen LogP contribution in [0.1, 0.15) is 28.5 Å². The van der Waals surface area contributed by atoms with Crippen molar-refractivity contribution in [3.8, 4) is 0 Å². The largest absolute Gasteiger partial charge is 0.347 e. The second-order valence-electron chi connectivity index (χ2n) is 6.35. The zero-order chi connectivity index (χ0) is 19.9. The van der Waals surface area contributed by atoms with E-state index in [2.05, 4.69) is 25.9 Å². The summed E-state index contributed by atoms with van der Waals surface area (Å²) in [5, 5.41) is 8.69. The number of amides is 2. The fraction of sp³-hybridized carbons (Fsp3) is 0.143. The van der Waals surface area contributed by atoms with E-state index in [4.69, 9.17) is 0 Å². The highest BCUT2D eigenvalue weighted by Gasteiger charge is 2.09. The number of aromatic nitrogens is 2. The summed E-state index contributed by atoms with van der Waals surface area (Å²) in [6.07, 6.45) is 1.33. The Balaban J connectivity index is 1.66. The first-order valence-electron chi connectivity index (χ1n) is 8.80. The van der Waals surface area contributed by atoms with Crippen LogP contribution in [0.4, 0.5) is 17.2 Å². The Bertz CT molecular complexity index is 1000. The number of nitrogens with one attached hydrogen (secondary N) is 3. The third-order valence-electron chi connectivity index (χ3n) is 3.89. The van der Waals surface area contributed by atoms with Crippen molar-refractivity contribution in [3.05, 3.63) is 77.7 Å². The standard InChI is InChI=1S/C21H21N5O2/c1-14-5-3-6-16(9-14)12-22-21(28)19-11-20(24-13-23-19)26-18-8-4-7-17(10-18)25-15(2)27/h3-11,13H,12H2,1-2H3,(H,22,28)(H,25,27)(H,23,24,26). The van der Waals surface area contributed by atoms with Crippen LogP contribution in [0.5, 0.6) is 0 Å². The highest BCUT2D eigenvalue weighted by atomic mass is 16.2. The van der Waals surface area contributed by atoms with Gasteiger partial charge in [0, 0.05) is 30.9 Å². The molecule has 2 amide bonds. The van der Waals surface area contributed by atoms with Crippen molar-refractivity contribution in [2.45, 2.75) is 20.4 Å². The molecule has 0 unspecified atom stereocenters. The Morgan fingerprint density at radius 3 is 2.54 bits per heavy atom. The van der Waals surface area contributed by atoms with Gasteiger partial charge in [0.2, 0.25) is 5.91 Å². The normalized spacial score (nSPS) is 10.2. The summed E-state index contributed by atoms with van der Waals surface area (Å²) in [6.45, 7) is 3.88. The van der Waals surface area contributed by atoms with E-state index < -0.39 is 0 Å². The summed E-state index contributed by atoms with van der Waals surface area (Å²) in [5.41, 5.74) is 3.83. The van der Waals surface area contributed by atoms with E-state index in [1.165, 1.54) is 13.3 Å². The lowest BCUT2D eigenvalue weighted by molar-refractivity contribution is -0.114. The molecule has 28 heavy (non-hydrogen) atoms. The minimum absolute atomic E-state index is 0.147. The van der Waals surface area contributed by atoms with E-state index in [-0.39, 0.29) is 17.5 Å². The second kappa shape index (κ2) is 8.77. The van der Waals surface area contributed by atoms with Crippen LogP contribution in [0.15, 0.2) is 60.9 Å². The van der Waals surface area contributed by atoms with E-state index in [1.807, 2.05) is 43.3 Å². The molecule has 0 fully saturated rings. The van der Waals surface area contributed by atoms with Crippen molar-refractivity contribution < 1.29 is 9.59 Å². The SMILES string of the molecule is CC(=O)Nc1cccc(Nc2cc(C(=O)NCc3cccc(C)c3)ncn2)c1. The van der Waals surface area contributed by atoms with Gasteiger partial charge >= 0.3 is 0 Å². The number of nitrogens with zero attached hydrogens (tertiary/aromatic N) is 2. The van der Waals surface area contributed by atoms with Crippen LogP contribution in [0.25, 0.3) is 0 Å². The summed E-state index contributed by atoms with van der Waals surface area (Å²) in [6, 6.07) is 16.7. The molecule has 2 aromatic carbocycles. The Hall–Kier alpha value is -3.74. The summed E-state index contributed by atoms with van der Waals surface area (Å²) in [4.78, 5) is 31.8. The van der Waals surface area contributed by atoms with Gasteiger partial charge in [0.05, 0.1) is 0 Å². The van der Waals surface area contributed by atoms with Gasteiger partial charge in [-0.2, -0.15) is 0 Å². The highest BCUT2D eigenvalue weighted by molar-refractivity contribution is 5.93. The summed E-state index contributed by atoms with van der Waals surface area (Å²) in [5.74, 6) is 0.0568. The molecule has 1 heterocycles. The lowest BCUT2D eigenvalue weighted by atomic mass is 10.1. The molecule has 0 saturated heterocycles. The zero-order valence-electron chi connectivity index (χ0n) is 15.7. The van der Waals surface area contributed by atoms with E-state index >= 15 is 0 Å². The summed E-state index contributed by atoms with van der Waals surface area (Å²) >= 11 is 0. The smallest absolute Gasteiger partial charge is 0.270 e. The second-order valence-corrected chi connectivity index (χ2v) is 6.35. The van der Waals surface area contributed by atoms with E-state index in [1.54, 1.807) is 18.2 Å². The number of carbonyl (C=O) groups excluding carboxylic acids is 2. The van der Waals surface area contributed by atoms with Gasteiger partial charge in [-0.1, -0.05) is 35.9 Å². The van der Waals surface area contributed by atoms with Crippen LogP contribution < -0.4 is 16.0 Å². The fourth-order valence-corrected chi connectivity index (χ4v) is 2.67. The van der Waals surface area contributed by atoms with Crippen LogP contribution in [-0.4, -0.2) is 21.8 Å². The Labute approximate surface area is 163 Å². The zero-order valence-corrected chi connectivity index (χ0v) is 15.7. The number of hydrogen-bond acceptors (Lipinski definition) is 5. The van der Waals surface area contributed by atoms with Crippen molar-refractivity contribution in [2.24, 2.45) is 0 Å². The predicted molar refractivity (Wildman–Crippen MR) is 108 cm³/mol. The molecule has 0 saturated carbocycles. The molecule has 142 valence electrons. The third-order valence-corrected chi connectivity index (χ3v) is 3.89. The molecule has 3 N–H and O–H groups in total. The van der Waals surface area contributed by atoms with Crippen molar-refractivity contribution in [1.29, 1.82) is 0 Å². The maximum atomic E-state index is 12.4. The first-order valence-corrected chi connectivity index (χ1v) is 8.80. The van der Waals surface area contributed by atoms with E-state index in [9.17, 15) is 9.59 Å². The highest BCUT2D eigenvalue weighted by Crippen LogP contribution is 2.19. The molecule has 3 rings (SSSR count). The molecule has 0 atom stereocenters. The monoisotopic (exact) mass is 375 g/mol. The number of aryl methyl sites for hydroxylation is 1. The molecule has 0 aliphatic heterocycles. The Morgan fingerprint density at radius 2 is 1.75 bits per heavy atom. The predicted octanol–water partition coefficient (Wildman–Crippen LogP) is 3.42. The Kier molecular flexibility index (Phi) is 5.96. The lowest BCUT2D eigenvalue weighted by Crippen LogP contribution is -2.24. The lowest BCUT2D eigenvalue weighted by Gasteiger charge is -2.09. The van der Waals surface area contributed by atoms with Gasteiger partial charge in [-0.15, -0.1) is 0 Å². The maximum Gasteiger partial charge on any atom is 0.270 e. The summed E-state index contributed by atoms with van der Waals surface area (Å²) in [7, 11) is 0. The van der Waals surface area contributed by atoms with Crippen LogP contribution >= 0.6 is 0 Å². The van der Waals surface area contributed by atoms with Crippen molar-refractivity contribution in [2.75, 3.05) is 10.6 Å². The molecule has 0 radical (unpaired) electrons. The van der Waals surface area contributed by atoms with Gasteiger partial charge in [0.15, 0.2) is 0 Å². The number of carbonyl (C=O) groups is 2. The maximum absolute atomic E-state index is 12.4. The quantitative estimate of drug-likeness (QED) is 0.613. The molecule has 0 aliphatic carbocycles. The molecule has 0 aliphatic rings. The molecule has 1 aromatic heterocycles. The number of rotatable bonds is 6. The minimum atomic E-state index is -0.279. The third kappa shape index (κ3) is 5.38. The topological polar surface area (TPSA) is 96.0 Å². The van der Waals surface area contributed by atoms with Crippen molar-refractivity contribution in [3.63, 3.8) is 0 Å².